The minimum absolute atomic E-state index is 0.416. The Labute approximate surface area is 567 Å². The molecule has 2 N–H and O–H groups in total. The van der Waals surface area contributed by atoms with Gasteiger partial charge in [0.05, 0.1) is 95.5 Å². The van der Waals surface area contributed by atoms with Crippen LogP contribution in [0.15, 0.2) is 132 Å². The van der Waals surface area contributed by atoms with Gasteiger partial charge >= 0.3 is 0 Å². The van der Waals surface area contributed by atoms with Crippen LogP contribution >= 0.6 is 87.4 Å². The zero-order valence-corrected chi connectivity index (χ0v) is 57.6. The highest BCUT2D eigenvalue weighted by Crippen LogP contribution is 2.42. The van der Waals surface area contributed by atoms with E-state index in [2.05, 4.69) is 121 Å². The molecule has 0 amide bonds. The molecule has 0 aliphatic carbocycles. The van der Waals surface area contributed by atoms with E-state index in [1.165, 1.54) is 123 Å². The number of hydrogen-bond donors (Lipinski definition) is 2. The maximum Gasteiger partial charge on any atom is 0.210 e. The molecule has 5 fully saturated rings. The summed E-state index contributed by atoms with van der Waals surface area (Å²) in [5.41, 5.74) is 7.25. The number of piperidine rings is 3. The molecule has 3 aromatic heterocycles. The SMILES string of the molecule is COOSN1CCC(c2c3ccc(Cl)cc3c(=[N+]3CCNCC3)cc3cccnc23)CC1.COOSN1CCC(c2c3ccc(Cl)cc3cc(=[N+]3CCNCC3)c3cccnc23)CC1.COOSN1CCC(c2c3ncccc3c(Br)c[c+]3cc(Cl)ccc23)CC1. The van der Waals surface area contributed by atoms with Gasteiger partial charge in [0.1, 0.15) is 47.2 Å². The topological polar surface area (TPSA) is 134 Å². The van der Waals surface area contributed by atoms with Crippen LogP contribution in [0.4, 0.5) is 0 Å². The number of piperazine rings is 2. The first-order valence-electron chi connectivity index (χ1n) is 31.1. The molecule has 23 heteroatoms. The van der Waals surface area contributed by atoms with E-state index in [0.717, 1.165) is 177 Å². The van der Waals surface area contributed by atoms with Gasteiger partial charge in [-0.1, -0.05) is 41.4 Å². The summed E-state index contributed by atoms with van der Waals surface area (Å²) >= 11 is 26.9. The van der Waals surface area contributed by atoms with Gasteiger partial charge < -0.3 is 10.6 Å². The van der Waals surface area contributed by atoms with Crippen LogP contribution < -0.4 is 30.5 Å². The standard InChI is InChI=1S/2C24H28ClN4O2S.C20H19BrClN2O2S/c1-30-31-32-29-11-6-17(7-12-29)23-20-5-4-19(25)15-18(20)16-22(28-13-9-26-10-14-28)21-3-2-8-27-24(21)23;1-30-31-32-29-11-6-17(7-12-29)23-20-5-4-19(25)16-21(20)22(28-13-9-26-10-14-28)15-18-3-2-8-27-24(18)23;1-25-26-27-24-9-6-13(7-10-24)19-16-5-4-15(22)11-14(16)12-18(21)17-3-2-8-23-20(17)19/h2*2-5,8,15-17,26H,6-7,9-14H2,1H3;2-5,8,11-13H,6-7,9-10H2,1H3/q3*+1. The van der Waals surface area contributed by atoms with Crippen LogP contribution in [0.2, 0.25) is 15.1 Å². The normalized spacial score (nSPS) is 17.8. The van der Waals surface area contributed by atoms with E-state index >= 15 is 0 Å². The van der Waals surface area contributed by atoms with Crippen molar-refractivity contribution in [2.24, 2.45) is 0 Å². The molecule has 0 bridgehead atoms. The molecular weight excluding hydrogens is 1340 g/mol. The molecule has 5 aliphatic heterocycles. The largest absolute Gasteiger partial charge is 0.305 e. The van der Waals surface area contributed by atoms with Crippen LogP contribution in [-0.4, -0.2) is 141 Å². The lowest BCUT2D eigenvalue weighted by molar-refractivity contribution is -0.163. The van der Waals surface area contributed by atoms with Crippen LogP contribution in [0, 0.1) is 0 Å². The number of pyridine rings is 3. The first-order valence-corrected chi connectivity index (χ1v) is 35.1. The average Bonchev–Trinajstić information content (AvgIpc) is 1.71. The van der Waals surface area contributed by atoms with Crippen LogP contribution in [-0.2, 0) is 27.7 Å². The molecular formula is C68H75BrCl3N10O6S3+3. The fourth-order valence-electron chi connectivity index (χ4n) is 13.7. The Bertz CT molecular complexity index is 4190. The van der Waals surface area contributed by atoms with Gasteiger partial charge in [0.2, 0.25) is 10.7 Å². The van der Waals surface area contributed by atoms with Gasteiger partial charge in [-0.15, -0.1) is 13.0 Å². The summed E-state index contributed by atoms with van der Waals surface area (Å²) in [6, 6.07) is 38.1. The molecule has 0 radical (unpaired) electrons. The first-order chi connectivity index (χ1) is 44.7. The smallest absolute Gasteiger partial charge is 0.210 e. The second-order valence-electron chi connectivity index (χ2n) is 23.2. The Balaban J connectivity index is 0.000000133. The van der Waals surface area contributed by atoms with Gasteiger partial charge in [-0.05, 0) is 144 Å². The fraction of sp³-hybridized carbons (Fsp3) is 0.382. The van der Waals surface area contributed by atoms with Crippen molar-refractivity contribution in [3.05, 3.63) is 175 Å². The molecule has 0 unspecified atom stereocenters. The second kappa shape index (κ2) is 32.3. The summed E-state index contributed by atoms with van der Waals surface area (Å²) in [6.07, 6.45) is 11.9. The maximum absolute atomic E-state index is 6.53. The van der Waals surface area contributed by atoms with Gasteiger partial charge in [0.25, 0.3) is 0 Å². The Hall–Kier alpha value is -4.50. The summed E-state index contributed by atoms with van der Waals surface area (Å²) in [5, 5.41) is 22.5. The van der Waals surface area contributed by atoms with Crippen molar-refractivity contribution in [3.8, 4) is 0 Å². The molecule has 8 heterocycles. The number of halogens is 4. The lowest BCUT2D eigenvalue weighted by Crippen LogP contribution is -2.45. The van der Waals surface area contributed by atoms with E-state index in [0.29, 0.717) is 17.8 Å². The molecule has 14 rings (SSSR count). The molecule has 6 aromatic carbocycles. The lowest BCUT2D eigenvalue weighted by atomic mass is 9.87. The van der Waals surface area contributed by atoms with Gasteiger partial charge in [-0.3, -0.25) is 9.97 Å². The number of nitrogens with zero attached hydrogens (tertiary/aromatic N) is 8. The van der Waals surface area contributed by atoms with Gasteiger partial charge in [0.15, 0.2) is 26.2 Å². The first kappa shape index (κ1) is 66.5. The van der Waals surface area contributed by atoms with Crippen LogP contribution in [0.5, 0.6) is 0 Å². The number of fused-ring (bicyclic) bond motifs is 6. The number of rotatable bonds is 12. The molecule has 5 aliphatic rings. The van der Waals surface area contributed by atoms with Crippen molar-refractivity contribution in [3.63, 3.8) is 0 Å². The fourth-order valence-corrected chi connectivity index (χ4v) is 16.3. The van der Waals surface area contributed by atoms with Crippen LogP contribution in [0.25, 0.3) is 65.0 Å². The van der Waals surface area contributed by atoms with Gasteiger partial charge in [-0.25, -0.2) is 41.7 Å². The third-order valence-electron chi connectivity index (χ3n) is 17.9. The number of hydrogen-bond acceptors (Lipinski definition) is 17. The highest BCUT2D eigenvalue weighted by atomic mass is 79.9. The van der Waals surface area contributed by atoms with Crippen molar-refractivity contribution in [1.82, 2.24) is 47.7 Å². The van der Waals surface area contributed by atoms with E-state index in [9.17, 15) is 0 Å². The minimum Gasteiger partial charge on any atom is -0.305 e. The summed E-state index contributed by atoms with van der Waals surface area (Å²) in [4.78, 5) is 28.8. The monoisotopic (exact) mass is 1410 g/mol. The Morgan fingerprint density at radius 3 is 1.48 bits per heavy atom. The van der Waals surface area contributed by atoms with Crippen molar-refractivity contribution in [1.29, 1.82) is 0 Å². The van der Waals surface area contributed by atoms with Gasteiger partial charge in [-0.2, -0.15) is 0 Å². The van der Waals surface area contributed by atoms with E-state index in [1.54, 1.807) is 0 Å². The van der Waals surface area contributed by atoms with Crippen molar-refractivity contribution < 1.29 is 27.7 Å². The van der Waals surface area contributed by atoms with E-state index in [-0.39, 0.29) is 0 Å². The highest BCUT2D eigenvalue weighted by molar-refractivity contribution is 9.10. The second-order valence-corrected chi connectivity index (χ2v) is 27.8. The average molecular weight is 1410 g/mol. The molecule has 0 atom stereocenters. The summed E-state index contributed by atoms with van der Waals surface area (Å²) in [7, 11) is 4.60. The number of benzene rings is 3. The summed E-state index contributed by atoms with van der Waals surface area (Å²) in [6.45, 7) is 13.5. The molecule has 5 saturated heterocycles. The Morgan fingerprint density at radius 1 is 0.473 bits per heavy atom. The summed E-state index contributed by atoms with van der Waals surface area (Å²) in [5.74, 6) is 1.25. The molecule has 9 aromatic rings. The third kappa shape index (κ3) is 15.9. The van der Waals surface area contributed by atoms with E-state index in [4.69, 9.17) is 77.4 Å². The zero-order chi connectivity index (χ0) is 62.6. The molecule has 0 saturated carbocycles. The zero-order valence-electron chi connectivity index (χ0n) is 51.3. The lowest BCUT2D eigenvalue weighted by Gasteiger charge is -2.30. The number of nitrogens with one attached hydrogen (secondary N) is 2. The molecule has 476 valence electrons. The summed E-state index contributed by atoms with van der Waals surface area (Å²) < 4.78 is 27.8. The van der Waals surface area contributed by atoms with Crippen molar-refractivity contribution in [2.45, 2.75) is 56.3 Å². The van der Waals surface area contributed by atoms with E-state index in [1.807, 2.05) is 55.0 Å². The van der Waals surface area contributed by atoms with Crippen molar-refractivity contribution in [2.75, 3.05) is 113 Å². The Morgan fingerprint density at radius 2 is 0.923 bits per heavy atom. The predicted octanol–water partition coefficient (Wildman–Crippen LogP) is 13.9. The van der Waals surface area contributed by atoms with Crippen LogP contribution in [0.3, 0.4) is 0 Å². The predicted molar refractivity (Wildman–Crippen MR) is 378 cm³/mol. The highest BCUT2D eigenvalue weighted by Gasteiger charge is 2.31. The maximum atomic E-state index is 6.53. The van der Waals surface area contributed by atoms with Crippen molar-refractivity contribution >= 4 is 152 Å². The molecule has 0 spiro atoms. The van der Waals surface area contributed by atoms with Gasteiger partial charge in [0, 0.05) is 132 Å². The van der Waals surface area contributed by atoms with Crippen LogP contribution in [0.1, 0.15) is 73.0 Å². The van der Waals surface area contributed by atoms with E-state index < -0.39 is 0 Å². The quantitative estimate of drug-likeness (QED) is 0.0300. The minimum atomic E-state index is 0.416. The molecule has 91 heavy (non-hydrogen) atoms. The number of aromatic nitrogens is 3. The molecule has 16 nitrogen and oxygen atoms in total. The third-order valence-corrected chi connectivity index (χ3v) is 21.6. The Kier molecular flexibility index (Phi) is 23.6.